The third-order valence-electron chi connectivity index (χ3n) is 3.89. The van der Waals surface area contributed by atoms with E-state index in [2.05, 4.69) is 11.9 Å². The second-order valence-electron chi connectivity index (χ2n) is 5.08. The van der Waals surface area contributed by atoms with E-state index in [1.165, 1.54) is 38.5 Å². The zero-order chi connectivity index (χ0) is 13.0. The van der Waals surface area contributed by atoms with Crippen molar-refractivity contribution in [3.63, 3.8) is 0 Å². The molecule has 18 heavy (non-hydrogen) atoms. The highest BCUT2D eigenvalue weighted by Crippen LogP contribution is 2.28. The summed E-state index contributed by atoms with van der Waals surface area (Å²) in [6.45, 7) is 0. The zero-order valence-corrected chi connectivity index (χ0v) is 11.6. The van der Waals surface area contributed by atoms with Gasteiger partial charge in [-0.1, -0.05) is 37.3 Å². The first kappa shape index (κ1) is 13.4. The predicted octanol–water partition coefficient (Wildman–Crippen LogP) is 4.31. The summed E-state index contributed by atoms with van der Waals surface area (Å²) in [7, 11) is 2.13. The summed E-state index contributed by atoms with van der Waals surface area (Å²) in [5.74, 6) is 0. The third kappa shape index (κ3) is 3.05. The van der Waals surface area contributed by atoms with Crippen LogP contribution in [0, 0.1) is 0 Å². The fourth-order valence-corrected chi connectivity index (χ4v) is 2.91. The van der Waals surface area contributed by atoms with Crippen molar-refractivity contribution in [1.29, 1.82) is 0 Å². The molecule has 1 aromatic rings. The normalized spacial score (nSPS) is 17.2. The van der Waals surface area contributed by atoms with Crippen molar-refractivity contribution < 1.29 is 4.79 Å². The van der Waals surface area contributed by atoms with E-state index in [1.807, 2.05) is 12.1 Å². The van der Waals surface area contributed by atoms with E-state index in [-0.39, 0.29) is 0 Å². The maximum atomic E-state index is 10.8. The fourth-order valence-electron chi connectivity index (χ4n) is 2.69. The van der Waals surface area contributed by atoms with Crippen molar-refractivity contribution >= 4 is 23.6 Å². The molecule has 0 unspecified atom stereocenters. The summed E-state index contributed by atoms with van der Waals surface area (Å²) >= 11 is 6.09. The van der Waals surface area contributed by atoms with Crippen LogP contribution >= 0.6 is 11.6 Å². The number of hydrogen-bond acceptors (Lipinski definition) is 2. The van der Waals surface area contributed by atoms with Gasteiger partial charge in [-0.15, -0.1) is 0 Å². The Labute approximate surface area is 114 Å². The molecule has 0 atom stereocenters. The lowest BCUT2D eigenvalue weighted by atomic mass is 10.1. The Kier molecular flexibility index (Phi) is 4.65. The molecule has 0 aromatic heterocycles. The van der Waals surface area contributed by atoms with Gasteiger partial charge in [0.2, 0.25) is 0 Å². The zero-order valence-electron chi connectivity index (χ0n) is 10.9. The summed E-state index contributed by atoms with van der Waals surface area (Å²) in [6.07, 6.45) is 8.65. The number of aldehydes is 1. The molecule has 1 fully saturated rings. The molecule has 0 heterocycles. The van der Waals surface area contributed by atoms with Crippen molar-refractivity contribution in [3.05, 3.63) is 28.8 Å². The number of anilines is 1. The molecule has 0 bridgehead atoms. The quantitative estimate of drug-likeness (QED) is 0.600. The van der Waals surface area contributed by atoms with Gasteiger partial charge in [-0.05, 0) is 31.0 Å². The van der Waals surface area contributed by atoms with Gasteiger partial charge in [0, 0.05) is 24.3 Å². The average molecular weight is 266 g/mol. The Balaban J connectivity index is 2.14. The number of halogens is 1. The van der Waals surface area contributed by atoms with Crippen molar-refractivity contribution in [2.24, 2.45) is 0 Å². The lowest BCUT2D eigenvalue weighted by Gasteiger charge is -2.29. The largest absolute Gasteiger partial charge is 0.372 e. The molecule has 0 aliphatic heterocycles. The number of nitrogens with zero attached hydrogens (tertiary/aromatic N) is 1. The van der Waals surface area contributed by atoms with E-state index in [9.17, 15) is 4.79 Å². The lowest BCUT2D eigenvalue weighted by Crippen LogP contribution is -2.31. The molecule has 1 aromatic carbocycles. The highest BCUT2D eigenvalue weighted by Gasteiger charge is 2.17. The smallest absolute Gasteiger partial charge is 0.151 e. The summed E-state index contributed by atoms with van der Waals surface area (Å²) in [5.41, 5.74) is 1.67. The Bertz CT molecular complexity index is 411. The molecule has 0 amide bonds. The molecular weight excluding hydrogens is 246 g/mol. The molecule has 3 heteroatoms. The van der Waals surface area contributed by atoms with Crippen molar-refractivity contribution in [2.45, 2.75) is 44.6 Å². The van der Waals surface area contributed by atoms with Gasteiger partial charge in [0.05, 0.1) is 5.02 Å². The Morgan fingerprint density at radius 2 is 1.89 bits per heavy atom. The van der Waals surface area contributed by atoms with E-state index in [0.717, 1.165) is 12.0 Å². The van der Waals surface area contributed by atoms with Crippen molar-refractivity contribution in [1.82, 2.24) is 0 Å². The minimum absolute atomic E-state index is 0.544. The van der Waals surface area contributed by atoms with Gasteiger partial charge in [-0.25, -0.2) is 0 Å². The molecule has 0 radical (unpaired) electrons. The van der Waals surface area contributed by atoms with Crippen LogP contribution in [0.5, 0.6) is 0 Å². The fraction of sp³-hybridized carbons (Fsp3) is 0.533. The Hall–Kier alpha value is -1.02. The van der Waals surface area contributed by atoms with Gasteiger partial charge in [-0.2, -0.15) is 0 Å². The van der Waals surface area contributed by atoms with Crippen LogP contribution in [-0.2, 0) is 0 Å². The summed E-state index contributed by atoms with van der Waals surface area (Å²) in [4.78, 5) is 13.1. The first-order valence-electron chi connectivity index (χ1n) is 6.70. The van der Waals surface area contributed by atoms with Crippen LogP contribution in [0.2, 0.25) is 5.02 Å². The number of carbonyl (C=O) groups excluding carboxylic acids is 1. The molecule has 1 aliphatic carbocycles. The van der Waals surface area contributed by atoms with Gasteiger partial charge in [0.1, 0.15) is 0 Å². The molecule has 1 saturated carbocycles. The lowest BCUT2D eigenvalue weighted by molar-refractivity contribution is 0.112. The second kappa shape index (κ2) is 6.24. The topological polar surface area (TPSA) is 20.3 Å². The van der Waals surface area contributed by atoms with Crippen LogP contribution in [0.1, 0.15) is 48.9 Å². The molecule has 1 aliphatic rings. The summed E-state index contributed by atoms with van der Waals surface area (Å²) in [6, 6.07) is 6.29. The van der Waals surface area contributed by atoms with Crippen LogP contribution in [-0.4, -0.2) is 19.4 Å². The first-order valence-corrected chi connectivity index (χ1v) is 7.07. The van der Waals surface area contributed by atoms with Crippen LogP contribution in [0.3, 0.4) is 0 Å². The molecule has 0 N–H and O–H groups in total. The van der Waals surface area contributed by atoms with Crippen LogP contribution in [0.4, 0.5) is 5.69 Å². The first-order chi connectivity index (χ1) is 8.72. The van der Waals surface area contributed by atoms with E-state index < -0.39 is 0 Å². The van der Waals surface area contributed by atoms with E-state index >= 15 is 0 Å². The summed E-state index contributed by atoms with van der Waals surface area (Å²) < 4.78 is 0. The molecular formula is C15H20ClNO. The van der Waals surface area contributed by atoms with Gasteiger partial charge in [-0.3, -0.25) is 4.79 Å². The van der Waals surface area contributed by atoms with Crippen molar-refractivity contribution in [3.8, 4) is 0 Å². The van der Waals surface area contributed by atoms with Gasteiger partial charge in [0.25, 0.3) is 0 Å². The monoisotopic (exact) mass is 265 g/mol. The summed E-state index contributed by atoms with van der Waals surface area (Å²) in [5, 5.41) is 0.544. The Morgan fingerprint density at radius 1 is 1.22 bits per heavy atom. The van der Waals surface area contributed by atoms with Crippen LogP contribution in [0.15, 0.2) is 18.2 Å². The number of benzene rings is 1. The van der Waals surface area contributed by atoms with Crippen LogP contribution < -0.4 is 4.90 Å². The molecule has 2 rings (SSSR count). The maximum Gasteiger partial charge on any atom is 0.151 e. The number of hydrogen-bond donors (Lipinski definition) is 0. The minimum Gasteiger partial charge on any atom is -0.372 e. The highest BCUT2D eigenvalue weighted by molar-refractivity contribution is 6.33. The van der Waals surface area contributed by atoms with E-state index in [1.54, 1.807) is 6.07 Å². The van der Waals surface area contributed by atoms with Gasteiger partial charge >= 0.3 is 0 Å². The number of rotatable bonds is 3. The van der Waals surface area contributed by atoms with E-state index in [4.69, 9.17) is 11.6 Å². The SMILES string of the molecule is CN(c1ccc(C=O)c(Cl)c1)C1CCCCCC1. The average Bonchev–Trinajstić information content (AvgIpc) is 2.66. The minimum atomic E-state index is 0.544. The highest BCUT2D eigenvalue weighted by atomic mass is 35.5. The third-order valence-corrected chi connectivity index (χ3v) is 4.22. The van der Waals surface area contributed by atoms with E-state index in [0.29, 0.717) is 16.6 Å². The molecule has 2 nitrogen and oxygen atoms in total. The van der Waals surface area contributed by atoms with Gasteiger partial charge in [0.15, 0.2) is 6.29 Å². The predicted molar refractivity (Wildman–Crippen MR) is 76.7 cm³/mol. The second-order valence-corrected chi connectivity index (χ2v) is 5.49. The molecule has 0 saturated heterocycles. The van der Waals surface area contributed by atoms with Crippen molar-refractivity contribution in [2.75, 3.05) is 11.9 Å². The molecule has 98 valence electrons. The van der Waals surface area contributed by atoms with Gasteiger partial charge < -0.3 is 4.90 Å². The maximum absolute atomic E-state index is 10.8. The standard InChI is InChI=1S/C15H20ClNO/c1-17(13-6-4-2-3-5-7-13)14-9-8-12(11-18)15(16)10-14/h8-11,13H,2-7H2,1H3. The Morgan fingerprint density at radius 3 is 2.44 bits per heavy atom. The molecule has 0 spiro atoms. The number of carbonyl (C=O) groups is 1. The van der Waals surface area contributed by atoms with Crippen LogP contribution in [0.25, 0.3) is 0 Å².